The van der Waals surface area contributed by atoms with Crippen LogP contribution >= 0.6 is 0 Å². The lowest BCUT2D eigenvalue weighted by Crippen LogP contribution is -2.40. The molecular weight excluding hydrogens is 302 g/mol. The molecule has 0 radical (unpaired) electrons. The molecule has 0 amide bonds. The molecule has 2 rings (SSSR count). The maximum Gasteiger partial charge on any atom is 0.119 e. The first kappa shape index (κ1) is 19.1. The zero-order chi connectivity index (χ0) is 17.2. The maximum atomic E-state index is 5.71. The van der Waals surface area contributed by atoms with E-state index in [0.717, 1.165) is 49.5 Å². The van der Waals surface area contributed by atoms with E-state index in [1.807, 2.05) is 24.3 Å². The summed E-state index contributed by atoms with van der Waals surface area (Å²) in [4.78, 5) is 2.52. The van der Waals surface area contributed by atoms with Crippen LogP contribution in [0.1, 0.15) is 33.6 Å². The predicted octanol–water partition coefficient (Wildman–Crippen LogP) is 3.85. The molecule has 0 aliphatic carbocycles. The van der Waals surface area contributed by atoms with Crippen LogP contribution in [0.2, 0.25) is 0 Å². The number of hydrogen-bond donors (Lipinski definition) is 0. The van der Waals surface area contributed by atoms with Gasteiger partial charge in [0.05, 0.1) is 19.8 Å². The minimum absolute atomic E-state index is 0.585. The van der Waals surface area contributed by atoms with E-state index in [2.05, 4.69) is 25.7 Å². The summed E-state index contributed by atoms with van der Waals surface area (Å²) in [6, 6.07) is 7.79. The van der Waals surface area contributed by atoms with Crippen LogP contribution < -0.4 is 9.47 Å². The van der Waals surface area contributed by atoms with Crippen LogP contribution in [0.15, 0.2) is 24.3 Å². The fourth-order valence-corrected chi connectivity index (χ4v) is 3.34. The summed E-state index contributed by atoms with van der Waals surface area (Å²) in [6.45, 7) is 13.0. The Labute approximate surface area is 147 Å². The molecule has 1 aliphatic rings. The zero-order valence-corrected chi connectivity index (χ0v) is 15.5. The van der Waals surface area contributed by atoms with E-state index in [1.165, 1.54) is 19.5 Å². The molecule has 2 atom stereocenters. The number of benzene rings is 1. The van der Waals surface area contributed by atoms with Crippen molar-refractivity contribution in [2.45, 2.75) is 33.6 Å². The van der Waals surface area contributed by atoms with Gasteiger partial charge in [-0.3, -0.25) is 0 Å². The number of piperidine rings is 1. The Morgan fingerprint density at radius 3 is 2.04 bits per heavy atom. The van der Waals surface area contributed by atoms with Crippen molar-refractivity contribution in [1.29, 1.82) is 0 Å². The van der Waals surface area contributed by atoms with E-state index in [9.17, 15) is 0 Å². The van der Waals surface area contributed by atoms with E-state index >= 15 is 0 Å². The number of rotatable bonds is 10. The van der Waals surface area contributed by atoms with E-state index in [-0.39, 0.29) is 0 Å². The van der Waals surface area contributed by atoms with Crippen LogP contribution in [0.5, 0.6) is 11.5 Å². The van der Waals surface area contributed by atoms with Gasteiger partial charge in [0, 0.05) is 19.6 Å². The number of ether oxygens (including phenoxy) is 3. The number of likely N-dealkylation sites (tertiary alicyclic amines) is 1. The van der Waals surface area contributed by atoms with Gasteiger partial charge in [-0.05, 0) is 48.9 Å². The van der Waals surface area contributed by atoms with Crippen LogP contribution in [-0.4, -0.2) is 51.0 Å². The van der Waals surface area contributed by atoms with Crippen molar-refractivity contribution in [3.63, 3.8) is 0 Å². The van der Waals surface area contributed by atoms with Gasteiger partial charge in [0.2, 0.25) is 0 Å². The van der Waals surface area contributed by atoms with Crippen molar-refractivity contribution < 1.29 is 14.2 Å². The molecule has 4 heteroatoms. The van der Waals surface area contributed by atoms with Crippen molar-refractivity contribution in [3.05, 3.63) is 24.3 Å². The summed E-state index contributed by atoms with van der Waals surface area (Å²) in [5, 5.41) is 0. The standard InChI is InChI=1S/C20H33NO3/c1-4-10-23-19-5-7-20(8-6-19)24-13-12-22-11-9-21-15-17(2)14-18(3)16-21/h5-8,17-18H,4,9-16H2,1-3H3/t17-,18-/m0/s1. The average molecular weight is 335 g/mol. The monoisotopic (exact) mass is 335 g/mol. The largest absolute Gasteiger partial charge is 0.494 e. The molecule has 1 saturated heterocycles. The van der Waals surface area contributed by atoms with Crippen molar-refractivity contribution in [2.75, 3.05) is 46.1 Å². The van der Waals surface area contributed by atoms with Crippen molar-refractivity contribution in [3.8, 4) is 11.5 Å². The Kier molecular flexibility index (Phi) is 8.40. The lowest BCUT2D eigenvalue weighted by molar-refractivity contribution is 0.0595. The Morgan fingerprint density at radius 1 is 0.875 bits per heavy atom. The summed E-state index contributed by atoms with van der Waals surface area (Å²) in [6.07, 6.45) is 2.37. The Bertz CT molecular complexity index is 439. The highest BCUT2D eigenvalue weighted by Crippen LogP contribution is 2.20. The molecule has 1 aliphatic heterocycles. The third-order valence-electron chi connectivity index (χ3n) is 4.29. The van der Waals surface area contributed by atoms with Gasteiger partial charge in [-0.25, -0.2) is 0 Å². The highest BCUT2D eigenvalue weighted by Gasteiger charge is 2.21. The molecular formula is C20H33NO3. The first-order valence-electron chi connectivity index (χ1n) is 9.33. The maximum absolute atomic E-state index is 5.71. The molecule has 136 valence electrons. The van der Waals surface area contributed by atoms with Gasteiger partial charge in [-0.1, -0.05) is 20.8 Å². The number of nitrogens with zero attached hydrogens (tertiary/aromatic N) is 1. The SMILES string of the molecule is CCCOc1ccc(OCCOCCN2C[C@@H](C)C[C@H](C)C2)cc1. The molecule has 0 bridgehead atoms. The molecule has 0 aromatic heterocycles. The van der Waals surface area contributed by atoms with Gasteiger partial charge in [-0.15, -0.1) is 0 Å². The second kappa shape index (κ2) is 10.6. The lowest BCUT2D eigenvalue weighted by atomic mass is 9.92. The molecule has 0 unspecified atom stereocenters. The minimum atomic E-state index is 0.585. The molecule has 1 heterocycles. The molecule has 0 saturated carbocycles. The molecule has 1 aromatic carbocycles. The third kappa shape index (κ3) is 7.10. The first-order chi connectivity index (χ1) is 11.7. The van der Waals surface area contributed by atoms with E-state index < -0.39 is 0 Å². The van der Waals surface area contributed by atoms with Crippen LogP contribution in [0, 0.1) is 11.8 Å². The van der Waals surface area contributed by atoms with Gasteiger partial charge in [0.15, 0.2) is 0 Å². The quantitative estimate of drug-likeness (QED) is 0.608. The van der Waals surface area contributed by atoms with Gasteiger partial charge in [-0.2, -0.15) is 0 Å². The van der Waals surface area contributed by atoms with Crippen LogP contribution in [0.25, 0.3) is 0 Å². The molecule has 4 nitrogen and oxygen atoms in total. The van der Waals surface area contributed by atoms with E-state index in [0.29, 0.717) is 13.2 Å². The van der Waals surface area contributed by atoms with Crippen molar-refractivity contribution in [1.82, 2.24) is 4.90 Å². The van der Waals surface area contributed by atoms with Crippen molar-refractivity contribution in [2.24, 2.45) is 11.8 Å². The highest BCUT2D eigenvalue weighted by atomic mass is 16.5. The van der Waals surface area contributed by atoms with Gasteiger partial charge >= 0.3 is 0 Å². The summed E-state index contributed by atoms with van der Waals surface area (Å²) in [5.74, 6) is 3.37. The lowest BCUT2D eigenvalue weighted by Gasteiger charge is -2.34. The first-order valence-corrected chi connectivity index (χ1v) is 9.33. The molecule has 1 aromatic rings. The van der Waals surface area contributed by atoms with Gasteiger partial charge < -0.3 is 19.1 Å². The Morgan fingerprint density at radius 2 is 1.46 bits per heavy atom. The van der Waals surface area contributed by atoms with Gasteiger partial charge in [0.25, 0.3) is 0 Å². The number of hydrogen-bond acceptors (Lipinski definition) is 4. The Hall–Kier alpha value is -1.26. The topological polar surface area (TPSA) is 30.9 Å². The smallest absolute Gasteiger partial charge is 0.119 e. The molecule has 0 spiro atoms. The van der Waals surface area contributed by atoms with Crippen LogP contribution in [0.4, 0.5) is 0 Å². The fraction of sp³-hybridized carbons (Fsp3) is 0.700. The highest BCUT2D eigenvalue weighted by molar-refractivity contribution is 5.31. The summed E-state index contributed by atoms with van der Waals surface area (Å²) in [7, 11) is 0. The summed E-state index contributed by atoms with van der Waals surface area (Å²) in [5.41, 5.74) is 0. The van der Waals surface area contributed by atoms with E-state index in [4.69, 9.17) is 14.2 Å². The normalized spacial score (nSPS) is 21.6. The molecule has 1 fully saturated rings. The van der Waals surface area contributed by atoms with Gasteiger partial charge in [0.1, 0.15) is 18.1 Å². The minimum Gasteiger partial charge on any atom is -0.494 e. The average Bonchev–Trinajstić information content (AvgIpc) is 2.56. The second-order valence-electron chi connectivity index (χ2n) is 6.99. The molecule has 0 N–H and O–H groups in total. The molecule has 24 heavy (non-hydrogen) atoms. The summed E-state index contributed by atoms with van der Waals surface area (Å²) < 4.78 is 17.0. The third-order valence-corrected chi connectivity index (χ3v) is 4.29. The van der Waals surface area contributed by atoms with Crippen molar-refractivity contribution >= 4 is 0 Å². The van der Waals surface area contributed by atoms with E-state index in [1.54, 1.807) is 0 Å². The predicted molar refractivity (Wildman–Crippen MR) is 97.9 cm³/mol. The van der Waals surface area contributed by atoms with Crippen LogP contribution in [0.3, 0.4) is 0 Å². The summed E-state index contributed by atoms with van der Waals surface area (Å²) >= 11 is 0. The fourth-order valence-electron chi connectivity index (χ4n) is 3.34. The zero-order valence-electron chi connectivity index (χ0n) is 15.5. The second-order valence-corrected chi connectivity index (χ2v) is 6.99. The van der Waals surface area contributed by atoms with Crippen LogP contribution in [-0.2, 0) is 4.74 Å². The Balaban J connectivity index is 1.53.